The Hall–Kier alpha value is -1.38. The van der Waals surface area contributed by atoms with E-state index < -0.39 is 16.0 Å². The second-order valence-electron chi connectivity index (χ2n) is 4.34. The highest BCUT2D eigenvalue weighted by Crippen LogP contribution is 2.20. The summed E-state index contributed by atoms with van der Waals surface area (Å²) in [5.41, 5.74) is 0.118. The van der Waals surface area contributed by atoms with E-state index in [1.807, 2.05) is 0 Å². The number of aryl methyl sites for hydroxylation is 1. The van der Waals surface area contributed by atoms with E-state index in [4.69, 9.17) is 4.42 Å². The molecule has 2 rings (SSSR count). The van der Waals surface area contributed by atoms with Crippen LogP contribution in [0.1, 0.15) is 22.5 Å². The van der Waals surface area contributed by atoms with Gasteiger partial charge in [0.25, 0.3) is 10.0 Å². The third kappa shape index (κ3) is 2.96. The Morgan fingerprint density at radius 2 is 2.32 bits per heavy atom. The van der Waals surface area contributed by atoms with Crippen molar-refractivity contribution in [3.8, 4) is 0 Å². The maximum absolute atomic E-state index is 12.1. The molecule has 106 valence electrons. The first-order valence-electron chi connectivity index (χ1n) is 5.86. The van der Waals surface area contributed by atoms with Crippen LogP contribution in [-0.4, -0.2) is 40.6 Å². The van der Waals surface area contributed by atoms with Gasteiger partial charge < -0.3 is 14.5 Å². The fraction of sp³-hybridized carbons (Fsp3) is 0.545. The van der Waals surface area contributed by atoms with Gasteiger partial charge in [-0.2, -0.15) is 0 Å². The van der Waals surface area contributed by atoms with Crippen LogP contribution in [0, 0.1) is 6.92 Å². The number of furan rings is 1. The lowest BCUT2D eigenvalue weighted by Gasteiger charge is -2.09. The zero-order valence-corrected chi connectivity index (χ0v) is 11.5. The van der Waals surface area contributed by atoms with Crippen molar-refractivity contribution in [1.29, 1.82) is 0 Å². The number of nitrogens with one attached hydrogen (secondary N) is 2. The zero-order chi connectivity index (χ0) is 14.0. The van der Waals surface area contributed by atoms with Gasteiger partial charge in [-0.15, -0.1) is 0 Å². The number of esters is 1. The smallest absolute Gasteiger partial charge is 0.341 e. The summed E-state index contributed by atoms with van der Waals surface area (Å²) in [7, 11) is -2.52. The molecule has 0 aliphatic carbocycles. The number of methoxy groups -OCH3 is 1. The van der Waals surface area contributed by atoms with E-state index in [1.165, 1.54) is 20.1 Å². The summed E-state index contributed by atoms with van der Waals surface area (Å²) in [6.07, 6.45) is 0.725. The molecule has 1 unspecified atom stereocenters. The van der Waals surface area contributed by atoms with Gasteiger partial charge in [0.1, 0.15) is 11.3 Å². The van der Waals surface area contributed by atoms with Crippen molar-refractivity contribution in [2.45, 2.75) is 24.5 Å². The molecule has 2 N–H and O–H groups in total. The number of carbonyl (C=O) groups is 1. The Morgan fingerprint density at radius 3 is 2.89 bits per heavy atom. The van der Waals surface area contributed by atoms with E-state index in [0.29, 0.717) is 6.54 Å². The van der Waals surface area contributed by atoms with Crippen molar-refractivity contribution in [2.24, 2.45) is 0 Å². The van der Waals surface area contributed by atoms with E-state index in [2.05, 4.69) is 14.8 Å². The molecule has 0 radical (unpaired) electrons. The van der Waals surface area contributed by atoms with Crippen LogP contribution in [0.5, 0.6) is 0 Å². The van der Waals surface area contributed by atoms with Crippen LogP contribution >= 0.6 is 0 Å². The highest BCUT2D eigenvalue weighted by molar-refractivity contribution is 7.89. The fourth-order valence-corrected chi connectivity index (χ4v) is 3.20. The Balaban J connectivity index is 2.23. The van der Waals surface area contributed by atoms with E-state index in [-0.39, 0.29) is 22.5 Å². The van der Waals surface area contributed by atoms with Crippen molar-refractivity contribution >= 4 is 16.0 Å². The lowest BCUT2D eigenvalue weighted by Crippen LogP contribution is -2.36. The molecule has 1 aromatic rings. The summed E-state index contributed by atoms with van der Waals surface area (Å²) in [6, 6.07) is 1.03. The molecule has 7 nitrogen and oxygen atoms in total. The third-order valence-electron chi connectivity index (χ3n) is 2.95. The molecule has 1 fully saturated rings. The van der Waals surface area contributed by atoms with Crippen LogP contribution in [0.3, 0.4) is 0 Å². The van der Waals surface area contributed by atoms with Crippen LogP contribution in [0.2, 0.25) is 0 Å². The van der Waals surface area contributed by atoms with Gasteiger partial charge in [0.05, 0.1) is 7.11 Å². The molecule has 1 aliphatic heterocycles. The normalized spacial score (nSPS) is 19.6. The molecular formula is C11H16N2O5S. The number of sulfonamides is 1. The number of carbonyl (C=O) groups excluding carboxylic acids is 1. The molecule has 0 saturated carbocycles. The van der Waals surface area contributed by atoms with Crippen molar-refractivity contribution < 1.29 is 22.4 Å². The minimum Gasteiger partial charge on any atom is -0.465 e. The lowest BCUT2D eigenvalue weighted by molar-refractivity contribution is 0.0599. The van der Waals surface area contributed by atoms with E-state index in [0.717, 1.165) is 13.0 Å². The summed E-state index contributed by atoms with van der Waals surface area (Å²) in [6.45, 7) is 2.88. The van der Waals surface area contributed by atoms with Crippen LogP contribution < -0.4 is 10.0 Å². The maximum Gasteiger partial charge on any atom is 0.341 e. The Morgan fingerprint density at radius 1 is 1.58 bits per heavy atom. The van der Waals surface area contributed by atoms with Gasteiger partial charge in [0, 0.05) is 18.7 Å². The van der Waals surface area contributed by atoms with Crippen molar-refractivity contribution in [2.75, 3.05) is 20.2 Å². The van der Waals surface area contributed by atoms with Gasteiger partial charge in [-0.05, 0) is 19.9 Å². The van der Waals surface area contributed by atoms with Crippen LogP contribution in [0.25, 0.3) is 0 Å². The lowest BCUT2D eigenvalue weighted by atomic mass is 10.3. The van der Waals surface area contributed by atoms with Crippen molar-refractivity contribution in [3.63, 3.8) is 0 Å². The molecule has 1 atom stereocenters. The van der Waals surface area contributed by atoms with Crippen LogP contribution in [0.4, 0.5) is 0 Å². The third-order valence-corrected chi connectivity index (χ3v) is 4.32. The van der Waals surface area contributed by atoms with Crippen molar-refractivity contribution in [1.82, 2.24) is 10.0 Å². The SMILES string of the molecule is COC(=O)c1cc(S(=O)(=O)NC2CCNC2)oc1C. The maximum atomic E-state index is 12.1. The monoisotopic (exact) mass is 288 g/mol. The predicted molar refractivity (Wildman–Crippen MR) is 66.4 cm³/mol. The topological polar surface area (TPSA) is 97.6 Å². The van der Waals surface area contributed by atoms with Crippen LogP contribution in [-0.2, 0) is 14.8 Å². The van der Waals surface area contributed by atoms with E-state index in [1.54, 1.807) is 0 Å². The predicted octanol–water partition coefficient (Wildman–Crippen LogP) is 0.0148. The highest BCUT2D eigenvalue weighted by Gasteiger charge is 2.27. The molecular weight excluding hydrogens is 272 g/mol. The standard InChI is InChI=1S/C11H16N2O5S/c1-7-9(11(14)17-2)5-10(18-7)19(15,16)13-8-3-4-12-6-8/h5,8,12-13H,3-4,6H2,1-2H3. The molecule has 0 aromatic carbocycles. The quantitative estimate of drug-likeness (QED) is 0.758. The molecule has 19 heavy (non-hydrogen) atoms. The number of hydrogen-bond acceptors (Lipinski definition) is 6. The summed E-state index contributed by atoms with van der Waals surface area (Å²) in [5.74, 6) is -0.401. The first kappa shape index (κ1) is 14.0. The molecule has 0 bridgehead atoms. The van der Waals surface area contributed by atoms with Gasteiger partial charge in [0.15, 0.2) is 0 Å². The Bertz CT molecular complexity index is 572. The first-order chi connectivity index (χ1) is 8.94. The van der Waals surface area contributed by atoms with E-state index in [9.17, 15) is 13.2 Å². The summed E-state index contributed by atoms with van der Waals surface area (Å²) in [5, 5.41) is 2.79. The average molecular weight is 288 g/mol. The van der Waals surface area contributed by atoms with Crippen molar-refractivity contribution in [3.05, 3.63) is 17.4 Å². The molecule has 0 spiro atoms. The van der Waals surface area contributed by atoms with Gasteiger partial charge in [-0.1, -0.05) is 0 Å². The molecule has 8 heteroatoms. The number of rotatable bonds is 4. The zero-order valence-electron chi connectivity index (χ0n) is 10.7. The summed E-state index contributed by atoms with van der Waals surface area (Å²) in [4.78, 5) is 11.4. The summed E-state index contributed by atoms with van der Waals surface area (Å²) < 4.78 is 36.4. The molecule has 1 aromatic heterocycles. The first-order valence-corrected chi connectivity index (χ1v) is 7.34. The molecule has 1 aliphatic rings. The minimum atomic E-state index is -3.75. The number of hydrogen-bond donors (Lipinski definition) is 2. The second-order valence-corrected chi connectivity index (χ2v) is 5.98. The van der Waals surface area contributed by atoms with Gasteiger partial charge in [0.2, 0.25) is 5.09 Å². The van der Waals surface area contributed by atoms with Gasteiger partial charge in [-0.25, -0.2) is 17.9 Å². The largest absolute Gasteiger partial charge is 0.465 e. The highest BCUT2D eigenvalue weighted by atomic mass is 32.2. The average Bonchev–Trinajstić information content (AvgIpc) is 2.97. The molecule has 2 heterocycles. The Kier molecular flexibility index (Phi) is 3.93. The Labute approximate surface area is 111 Å². The van der Waals surface area contributed by atoms with E-state index >= 15 is 0 Å². The molecule has 0 amide bonds. The molecule has 1 saturated heterocycles. The number of ether oxygens (including phenoxy) is 1. The fourth-order valence-electron chi connectivity index (χ4n) is 1.93. The minimum absolute atomic E-state index is 0.118. The van der Waals surface area contributed by atoms with Gasteiger partial charge in [-0.3, -0.25) is 0 Å². The summed E-state index contributed by atoms with van der Waals surface area (Å²) >= 11 is 0. The second kappa shape index (κ2) is 5.32. The van der Waals surface area contributed by atoms with Gasteiger partial charge >= 0.3 is 5.97 Å². The van der Waals surface area contributed by atoms with Crippen LogP contribution in [0.15, 0.2) is 15.6 Å².